The predicted molar refractivity (Wildman–Crippen MR) is 89.7 cm³/mol. The van der Waals surface area contributed by atoms with Crippen molar-refractivity contribution in [2.75, 3.05) is 6.54 Å². The number of nitrogens with one attached hydrogen (secondary N) is 1. The van der Waals surface area contributed by atoms with Crippen LogP contribution in [0.1, 0.15) is 44.9 Å². The fourth-order valence-electron chi connectivity index (χ4n) is 2.07. The Morgan fingerprint density at radius 3 is 2.67 bits per heavy atom. The van der Waals surface area contributed by atoms with Crippen LogP contribution in [-0.4, -0.2) is 21.3 Å². The third kappa shape index (κ3) is 4.38. The summed E-state index contributed by atoms with van der Waals surface area (Å²) in [6, 6.07) is 4.16. The molecule has 0 aromatic carbocycles. The van der Waals surface area contributed by atoms with Gasteiger partial charge in [-0.1, -0.05) is 27.7 Å². The van der Waals surface area contributed by atoms with Gasteiger partial charge in [-0.3, -0.25) is 0 Å². The zero-order valence-corrected chi connectivity index (χ0v) is 14.7. The second-order valence-corrected chi connectivity index (χ2v) is 6.92. The molecule has 2 aromatic rings. The first kappa shape index (κ1) is 16.2. The monoisotopic (exact) mass is 350 g/mol. The van der Waals surface area contributed by atoms with Gasteiger partial charge in [0, 0.05) is 29.0 Å². The summed E-state index contributed by atoms with van der Waals surface area (Å²) in [6.45, 7) is 10.5. The number of halogens is 1. The van der Waals surface area contributed by atoms with Gasteiger partial charge in [0.25, 0.3) is 0 Å². The third-order valence-corrected chi connectivity index (χ3v) is 3.63. The van der Waals surface area contributed by atoms with Crippen LogP contribution in [0, 0.1) is 5.92 Å². The Bertz CT molecular complexity index is 590. The quantitative estimate of drug-likeness (QED) is 0.858. The average Bonchev–Trinajstić information content (AvgIpc) is 2.88. The van der Waals surface area contributed by atoms with E-state index >= 15 is 0 Å². The highest BCUT2D eigenvalue weighted by Gasteiger charge is 2.10. The molecule has 0 aliphatic rings. The minimum atomic E-state index is 0.421. The largest absolute Gasteiger partial charge is 0.312 e. The van der Waals surface area contributed by atoms with E-state index in [1.54, 1.807) is 0 Å². The van der Waals surface area contributed by atoms with Crippen LogP contribution < -0.4 is 5.32 Å². The molecule has 0 radical (unpaired) electrons. The Labute approximate surface area is 135 Å². The van der Waals surface area contributed by atoms with Gasteiger partial charge in [0.2, 0.25) is 0 Å². The molecule has 0 saturated carbocycles. The van der Waals surface area contributed by atoms with Crippen molar-refractivity contribution in [3.63, 3.8) is 0 Å². The fraction of sp³-hybridized carbons (Fsp3) is 0.500. The van der Waals surface area contributed by atoms with Crippen LogP contribution >= 0.6 is 15.9 Å². The molecule has 0 bridgehead atoms. The molecular formula is C16H23BrN4. The third-order valence-electron chi connectivity index (χ3n) is 3.20. The lowest BCUT2D eigenvalue weighted by molar-refractivity contribution is 0.550. The van der Waals surface area contributed by atoms with E-state index in [2.05, 4.69) is 71.2 Å². The number of hydrogen-bond acceptors (Lipinski definition) is 3. The molecule has 0 atom stereocenters. The zero-order valence-electron chi connectivity index (χ0n) is 13.1. The zero-order chi connectivity index (χ0) is 15.4. The molecule has 2 rings (SSSR count). The summed E-state index contributed by atoms with van der Waals surface area (Å²) >= 11 is 3.50. The van der Waals surface area contributed by atoms with Crippen LogP contribution in [0.15, 0.2) is 29.0 Å². The van der Waals surface area contributed by atoms with Gasteiger partial charge in [-0.2, -0.15) is 5.10 Å². The summed E-state index contributed by atoms with van der Waals surface area (Å²) in [5.74, 6) is 1.94. The molecule has 5 heteroatoms. The molecular weight excluding hydrogens is 328 g/mol. The number of pyridine rings is 1. The molecule has 0 fully saturated rings. The van der Waals surface area contributed by atoms with Crippen molar-refractivity contribution in [1.82, 2.24) is 20.1 Å². The number of hydrogen-bond donors (Lipinski definition) is 1. The van der Waals surface area contributed by atoms with E-state index in [1.165, 1.54) is 0 Å². The first-order chi connectivity index (χ1) is 9.97. The van der Waals surface area contributed by atoms with E-state index in [9.17, 15) is 0 Å². The SMILES string of the molecule is CC(C)CNCc1cc(Br)cnc1-n1ccc(C(C)C)n1. The van der Waals surface area contributed by atoms with Crippen molar-refractivity contribution in [2.45, 2.75) is 40.2 Å². The summed E-state index contributed by atoms with van der Waals surface area (Å²) in [5, 5.41) is 8.09. The molecule has 2 heterocycles. The summed E-state index contributed by atoms with van der Waals surface area (Å²) in [6.07, 6.45) is 3.80. The van der Waals surface area contributed by atoms with Crippen LogP contribution in [-0.2, 0) is 6.54 Å². The standard InChI is InChI=1S/C16H23BrN4/c1-11(2)8-18-9-13-7-14(17)10-19-16(13)21-6-5-15(20-21)12(3)4/h5-7,10-12,18H,8-9H2,1-4H3. The minimum Gasteiger partial charge on any atom is -0.312 e. The van der Waals surface area contributed by atoms with E-state index in [-0.39, 0.29) is 0 Å². The van der Waals surface area contributed by atoms with Crippen molar-refractivity contribution in [3.05, 3.63) is 40.3 Å². The Morgan fingerprint density at radius 2 is 2.05 bits per heavy atom. The number of rotatable bonds is 6. The van der Waals surface area contributed by atoms with E-state index < -0.39 is 0 Å². The molecule has 0 spiro atoms. The number of aromatic nitrogens is 3. The van der Waals surface area contributed by atoms with Crippen LogP contribution in [0.2, 0.25) is 0 Å². The molecule has 0 saturated heterocycles. The second-order valence-electron chi connectivity index (χ2n) is 6.00. The highest BCUT2D eigenvalue weighted by atomic mass is 79.9. The predicted octanol–water partition coefficient (Wildman–Crippen LogP) is 3.90. The Morgan fingerprint density at radius 1 is 1.29 bits per heavy atom. The van der Waals surface area contributed by atoms with E-state index in [4.69, 9.17) is 0 Å². The minimum absolute atomic E-state index is 0.421. The molecule has 114 valence electrons. The highest BCUT2D eigenvalue weighted by molar-refractivity contribution is 9.10. The maximum Gasteiger partial charge on any atom is 0.157 e. The van der Waals surface area contributed by atoms with Crippen LogP contribution in [0.5, 0.6) is 0 Å². The molecule has 0 amide bonds. The van der Waals surface area contributed by atoms with Gasteiger partial charge in [0.1, 0.15) is 0 Å². The van der Waals surface area contributed by atoms with Crippen molar-refractivity contribution in [3.8, 4) is 5.82 Å². The normalized spacial score (nSPS) is 11.6. The van der Waals surface area contributed by atoms with Gasteiger partial charge in [-0.15, -0.1) is 0 Å². The second kappa shape index (κ2) is 7.18. The van der Waals surface area contributed by atoms with Gasteiger partial charge in [-0.25, -0.2) is 9.67 Å². The maximum absolute atomic E-state index is 4.62. The van der Waals surface area contributed by atoms with Gasteiger partial charge in [0.15, 0.2) is 5.82 Å². The molecule has 0 unspecified atom stereocenters. The van der Waals surface area contributed by atoms with Crippen molar-refractivity contribution >= 4 is 15.9 Å². The van der Waals surface area contributed by atoms with Crippen LogP contribution in [0.4, 0.5) is 0 Å². The first-order valence-electron chi connectivity index (χ1n) is 7.38. The van der Waals surface area contributed by atoms with Crippen LogP contribution in [0.3, 0.4) is 0 Å². The Kier molecular flexibility index (Phi) is 5.53. The first-order valence-corrected chi connectivity index (χ1v) is 8.17. The fourth-order valence-corrected chi connectivity index (χ4v) is 2.45. The smallest absolute Gasteiger partial charge is 0.157 e. The lowest BCUT2D eigenvalue weighted by Crippen LogP contribution is -2.20. The van der Waals surface area contributed by atoms with Crippen molar-refractivity contribution in [2.24, 2.45) is 5.92 Å². The van der Waals surface area contributed by atoms with E-state index in [1.807, 2.05) is 17.1 Å². The van der Waals surface area contributed by atoms with Crippen molar-refractivity contribution < 1.29 is 0 Å². The molecule has 0 aliphatic heterocycles. The lowest BCUT2D eigenvalue weighted by atomic mass is 10.1. The lowest BCUT2D eigenvalue weighted by Gasteiger charge is -2.12. The highest BCUT2D eigenvalue weighted by Crippen LogP contribution is 2.19. The average molecular weight is 351 g/mol. The topological polar surface area (TPSA) is 42.7 Å². The number of nitrogens with zero attached hydrogens (tertiary/aromatic N) is 3. The summed E-state index contributed by atoms with van der Waals surface area (Å²) in [5.41, 5.74) is 2.23. The molecule has 1 N–H and O–H groups in total. The summed E-state index contributed by atoms with van der Waals surface area (Å²) < 4.78 is 2.86. The van der Waals surface area contributed by atoms with Gasteiger partial charge in [-0.05, 0) is 46.4 Å². The van der Waals surface area contributed by atoms with Crippen molar-refractivity contribution in [1.29, 1.82) is 0 Å². The Balaban J connectivity index is 2.24. The van der Waals surface area contributed by atoms with Gasteiger partial charge < -0.3 is 5.32 Å². The maximum atomic E-state index is 4.62. The molecule has 2 aromatic heterocycles. The van der Waals surface area contributed by atoms with Crippen LogP contribution in [0.25, 0.3) is 5.82 Å². The Hall–Kier alpha value is -1.20. The summed E-state index contributed by atoms with van der Waals surface area (Å²) in [4.78, 5) is 4.53. The van der Waals surface area contributed by atoms with Gasteiger partial charge >= 0.3 is 0 Å². The van der Waals surface area contributed by atoms with E-state index in [0.717, 1.165) is 34.6 Å². The van der Waals surface area contributed by atoms with E-state index in [0.29, 0.717) is 11.8 Å². The molecule has 4 nitrogen and oxygen atoms in total. The summed E-state index contributed by atoms with van der Waals surface area (Å²) in [7, 11) is 0. The molecule has 0 aliphatic carbocycles. The van der Waals surface area contributed by atoms with Gasteiger partial charge in [0.05, 0.1) is 5.69 Å². The molecule has 21 heavy (non-hydrogen) atoms.